The minimum absolute atomic E-state index is 0.107. The molecule has 0 bridgehead atoms. The fraction of sp³-hybridized carbons (Fsp3) is 0.0625. The van der Waals surface area contributed by atoms with Gasteiger partial charge in [-0.3, -0.25) is 4.79 Å². The van der Waals surface area contributed by atoms with E-state index in [4.69, 9.17) is 14.9 Å². The van der Waals surface area contributed by atoms with Gasteiger partial charge in [-0.15, -0.1) is 0 Å². The predicted molar refractivity (Wildman–Crippen MR) is 77.0 cm³/mol. The minimum Gasteiger partial charge on any atom is -0.495 e. The van der Waals surface area contributed by atoms with Crippen LogP contribution in [0.25, 0.3) is 11.0 Å². The number of halogens is 1. The second-order valence-electron chi connectivity index (χ2n) is 4.54. The predicted octanol–water partition coefficient (Wildman–Crippen LogP) is 3.39. The van der Waals surface area contributed by atoms with Crippen molar-refractivity contribution in [2.75, 3.05) is 12.8 Å². The summed E-state index contributed by atoms with van der Waals surface area (Å²) in [6, 6.07) is 10.5. The fourth-order valence-electron chi connectivity index (χ4n) is 2.18. The molecule has 0 atom stereocenters. The molecule has 0 unspecified atom stereocenters. The van der Waals surface area contributed by atoms with Gasteiger partial charge in [0.2, 0.25) is 5.78 Å². The van der Waals surface area contributed by atoms with Gasteiger partial charge in [0.05, 0.1) is 18.4 Å². The Morgan fingerprint density at radius 3 is 2.81 bits per heavy atom. The second-order valence-corrected chi connectivity index (χ2v) is 4.54. The molecule has 0 amide bonds. The summed E-state index contributed by atoms with van der Waals surface area (Å²) in [5.74, 6) is -0.232. The Balaban J connectivity index is 2.08. The van der Waals surface area contributed by atoms with E-state index in [1.807, 2.05) is 0 Å². The first-order valence-electron chi connectivity index (χ1n) is 6.26. The van der Waals surface area contributed by atoms with Gasteiger partial charge in [0, 0.05) is 5.39 Å². The molecule has 0 spiro atoms. The zero-order chi connectivity index (χ0) is 15.0. The number of ketones is 1. The number of nitrogen functional groups attached to an aromatic ring is 1. The number of furan rings is 1. The summed E-state index contributed by atoms with van der Waals surface area (Å²) in [5, 5.41) is 0.528. The molecular formula is C16H12FNO3. The van der Waals surface area contributed by atoms with Crippen LogP contribution in [0.4, 0.5) is 10.1 Å². The summed E-state index contributed by atoms with van der Waals surface area (Å²) in [7, 11) is 1.48. The van der Waals surface area contributed by atoms with Gasteiger partial charge < -0.3 is 14.9 Å². The largest absolute Gasteiger partial charge is 0.495 e. The third kappa shape index (κ3) is 2.23. The first kappa shape index (κ1) is 13.2. The minimum atomic E-state index is -0.386. The number of hydrogen-bond donors (Lipinski definition) is 1. The highest BCUT2D eigenvalue weighted by atomic mass is 19.1. The standard InChI is InChI=1S/C16H12FNO3/c1-20-13-4-2-3-11(15(13)18)16(19)14-8-9-7-10(17)5-6-12(9)21-14/h2-8H,18H2,1H3. The van der Waals surface area contributed by atoms with Crippen molar-refractivity contribution >= 4 is 22.4 Å². The Morgan fingerprint density at radius 1 is 1.24 bits per heavy atom. The van der Waals surface area contributed by atoms with E-state index >= 15 is 0 Å². The lowest BCUT2D eigenvalue weighted by atomic mass is 10.1. The van der Waals surface area contributed by atoms with Crippen LogP contribution in [-0.2, 0) is 0 Å². The van der Waals surface area contributed by atoms with E-state index < -0.39 is 0 Å². The van der Waals surface area contributed by atoms with Crippen LogP contribution in [-0.4, -0.2) is 12.9 Å². The number of anilines is 1. The second kappa shape index (κ2) is 4.94. The number of hydrogen-bond acceptors (Lipinski definition) is 4. The molecule has 5 heteroatoms. The normalized spacial score (nSPS) is 10.8. The van der Waals surface area contributed by atoms with Crippen LogP contribution < -0.4 is 10.5 Å². The number of benzene rings is 2. The molecule has 3 rings (SSSR count). The molecule has 0 saturated carbocycles. The molecule has 0 aliphatic heterocycles. The maximum atomic E-state index is 13.2. The van der Waals surface area contributed by atoms with Crippen LogP contribution in [0, 0.1) is 5.82 Å². The van der Waals surface area contributed by atoms with Crippen molar-refractivity contribution in [2.45, 2.75) is 0 Å². The molecule has 3 aromatic rings. The Hall–Kier alpha value is -2.82. The van der Waals surface area contributed by atoms with E-state index in [0.717, 1.165) is 0 Å². The van der Waals surface area contributed by atoms with Crippen LogP contribution in [0.1, 0.15) is 16.1 Å². The third-order valence-corrected chi connectivity index (χ3v) is 3.23. The smallest absolute Gasteiger partial charge is 0.230 e. The third-order valence-electron chi connectivity index (χ3n) is 3.23. The topological polar surface area (TPSA) is 65.5 Å². The Kier molecular flexibility index (Phi) is 3.10. The van der Waals surface area contributed by atoms with Crippen molar-refractivity contribution in [1.82, 2.24) is 0 Å². The van der Waals surface area contributed by atoms with Gasteiger partial charge in [0.1, 0.15) is 17.1 Å². The zero-order valence-corrected chi connectivity index (χ0v) is 11.2. The molecule has 0 saturated heterocycles. The van der Waals surface area contributed by atoms with Gasteiger partial charge >= 0.3 is 0 Å². The lowest BCUT2D eigenvalue weighted by Gasteiger charge is -2.07. The lowest BCUT2D eigenvalue weighted by molar-refractivity contribution is 0.101. The van der Waals surface area contributed by atoms with Crippen LogP contribution in [0.5, 0.6) is 5.75 Å². The number of ether oxygens (including phenoxy) is 1. The summed E-state index contributed by atoms with van der Waals surface area (Å²) in [5.41, 5.74) is 6.88. The van der Waals surface area contributed by atoms with Crippen molar-refractivity contribution < 1.29 is 18.3 Å². The van der Waals surface area contributed by atoms with E-state index in [9.17, 15) is 9.18 Å². The van der Waals surface area contributed by atoms with Crippen LogP contribution >= 0.6 is 0 Å². The number of nitrogens with two attached hydrogens (primary N) is 1. The van der Waals surface area contributed by atoms with Gasteiger partial charge in [-0.2, -0.15) is 0 Å². The molecule has 0 fully saturated rings. The van der Waals surface area contributed by atoms with E-state index in [1.54, 1.807) is 18.2 Å². The Morgan fingerprint density at radius 2 is 2.05 bits per heavy atom. The molecule has 0 aliphatic carbocycles. The van der Waals surface area contributed by atoms with Crippen LogP contribution in [0.2, 0.25) is 0 Å². The van der Waals surface area contributed by atoms with Gasteiger partial charge in [0.15, 0.2) is 5.76 Å². The first-order chi connectivity index (χ1) is 10.1. The highest BCUT2D eigenvalue weighted by molar-refractivity contribution is 6.12. The summed E-state index contributed by atoms with van der Waals surface area (Å²) in [4.78, 5) is 12.5. The summed E-state index contributed by atoms with van der Waals surface area (Å²) in [6.07, 6.45) is 0. The molecule has 106 valence electrons. The lowest BCUT2D eigenvalue weighted by Crippen LogP contribution is -2.05. The maximum Gasteiger partial charge on any atom is 0.230 e. The van der Waals surface area contributed by atoms with Crippen molar-refractivity contribution in [2.24, 2.45) is 0 Å². The molecule has 1 aromatic heterocycles. The van der Waals surface area contributed by atoms with E-state index in [2.05, 4.69) is 0 Å². The molecule has 2 aromatic carbocycles. The SMILES string of the molecule is COc1cccc(C(=O)c2cc3cc(F)ccc3o2)c1N. The van der Waals surface area contributed by atoms with Crippen molar-refractivity contribution in [3.63, 3.8) is 0 Å². The van der Waals surface area contributed by atoms with Crippen LogP contribution in [0.3, 0.4) is 0 Å². The summed E-state index contributed by atoms with van der Waals surface area (Å²) >= 11 is 0. The maximum absolute atomic E-state index is 13.2. The van der Waals surface area contributed by atoms with E-state index in [1.165, 1.54) is 31.4 Å². The fourth-order valence-corrected chi connectivity index (χ4v) is 2.18. The molecule has 4 nitrogen and oxygen atoms in total. The number of rotatable bonds is 3. The van der Waals surface area contributed by atoms with Gasteiger partial charge in [-0.05, 0) is 36.4 Å². The molecule has 0 aliphatic rings. The summed E-state index contributed by atoms with van der Waals surface area (Å²) < 4.78 is 23.7. The van der Waals surface area contributed by atoms with Crippen molar-refractivity contribution in [3.8, 4) is 5.75 Å². The zero-order valence-electron chi connectivity index (χ0n) is 11.2. The molecular weight excluding hydrogens is 273 g/mol. The molecule has 2 N–H and O–H groups in total. The number of fused-ring (bicyclic) bond motifs is 1. The average Bonchev–Trinajstić information content (AvgIpc) is 2.89. The highest BCUT2D eigenvalue weighted by Gasteiger charge is 2.19. The number of carbonyl (C=O) groups excluding carboxylic acids is 1. The first-order valence-corrected chi connectivity index (χ1v) is 6.26. The molecule has 1 heterocycles. The van der Waals surface area contributed by atoms with Gasteiger partial charge in [0.25, 0.3) is 0 Å². The quantitative estimate of drug-likeness (QED) is 0.591. The number of para-hydroxylation sites is 1. The molecule has 21 heavy (non-hydrogen) atoms. The van der Waals surface area contributed by atoms with Crippen LogP contribution in [0.15, 0.2) is 46.9 Å². The van der Waals surface area contributed by atoms with E-state index in [0.29, 0.717) is 16.7 Å². The highest BCUT2D eigenvalue weighted by Crippen LogP contribution is 2.28. The number of carbonyl (C=O) groups is 1. The number of methoxy groups -OCH3 is 1. The monoisotopic (exact) mass is 285 g/mol. The van der Waals surface area contributed by atoms with Gasteiger partial charge in [-0.25, -0.2) is 4.39 Å². The van der Waals surface area contributed by atoms with Gasteiger partial charge in [-0.1, -0.05) is 6.07 Å². The van der Waals surface area contributed by atoms with E-state index in [-0.39, 0.29) is 28.6 Å². The van der Waals surface area contributed by atoms with Crippen molar-refractivity contribution in [1.29, 1.82) is 0 Å². The molecule has 0 radical (unpaired) electrons. The Bertz CT molecular complexity index is 839. The van der Waals surface area contributed by atoms with Crippen molar-refractivity contribution in [3.05, 3.63) is 59.6 Å². The Labute approximate surface area is 119 Å². The summed E-state index contributed by atoms with van der Waals surface area (Å²) in [6.45, 7) is 0. The average molecular weight is 285 g/mol.